The number of aromatic amines is 1. The first-order valence-corrected chi connectivity index (χ1v) is 11.5. The van der Waals surface area contributed by atoms with Crippen LogP contribution in [-0.2, 0) is 0 Å². The summed E-state index contributed by atoms with van der Waals surface area (Å²) in [5.74, 6) is 0.802. The van der Waals surface area contributed by atoms with Crippen LogP contribution >= 0.6 is 0 Å². The molecule has 0 aliphatic carbocycles. The quantitative estimate of drug-likeness (QED) is 0.388. The first-order chi connectivity index (χ1) is 16.7. The van der Waals surface area contributed by atoms with Crippen LogP contribution in [0.15, 0.2) is 51.7 Å². The SMILES string of the molecule is Cc1ccc2oc(-c3c4c(N)n[nH]c(=O)c4nn3-c3ccc(N(C)CCN(C)C)cc3)c(C)c2c1. The van der Waals surface area contributed by atoms with Crippen LogP contribution in [0, 0.1) is 13.8 Å². The fraction of sp³-hybridized carbons (Fsp3) is 0.269. The van der Waals surface area contributed by atoms with Gasteiger partial charge in [0.1, 0.15) is 11.3 Å². The van der Waals surface area contributed by atoms with E-state index in [4.69, 9.17) is 10.2 Å². The van der Waals surface area contributed by atoms with Gasteiger partial charge in [-0.1, -0.05) is 11.6 Å². The molecule has 35 heavy (non-hydrogen) atoms. The number of likely N-dealkylation sites (N-methyl/N-ethyl adjacent to an activating group) is 2. The minimum absolute atomic E-state index is 0.192. The van der Waals surface area contributed by atoms with Crippen molar-refractivity contribution in [2.45, 2.75) is 13.8 Å². The lowest BCUT2D eigenvalue weighted by Gasteiger charge is -2.21. The standard InChI is InChI=1S/C26H29N7O2/c1-15-6-11-20-19(14-15)16(2)24(35-20)23-21-22(26(34)29-28-25(21)27)30-33(23)18-9-7-17(8-10-18)32(5)13-12-31(3)4/h6-11,14H,12-13H2,1-5H3,(H2,27,28)(H,29,34). The monoisotopic (exact) mass is 471 g/mol. The number of hydrogen-bond acceptors (Lipinski definition) is 7. The lowest BCUT2D eigenvalue weighted by Crippen LogP contribution is -2.28. The highest BCUT2D eigenvalue weighted by molar-refractivity contribution is 6.02. The molecular weight excluding hydrogens is 442 g/mol. The second-order valence-corrected chi connectivity index (χ2v) is 9.22. The minimum atomic E-state index is -0.404. The van der Waals surface area contributed by atoms with Gasteiger partial charge >= 0.3 is 0 Å². The molecule has 9 heteroatoms. The van der Waals surface area contributed by atoms with Crippen molar-refractivity contribution in [2.24, 2.45) is 0 Å². The third-order valence-corrected chi connectivity index (χ3v) is 6.36. The number of fused-ring (bicyclic) bond motifs is 2. The molecule has 0 spiro atoms. The maximum atomic E-state index is 12.6. The number of furan rings is 1. The average molecular weight is 472 g/mol. The van der Waals surface area contributed by atoms with Gasteiger partial charge in [0.25, 0.3) is 5.56 Å². The number of nitrogens with two attached hydrogens (primary N) is 1. The number of aryl methyl sites for hydroxylation is 2. The Balaban J connectivity index is 1.70. The second-order valence-electron chi connectivity index (χ2n) is 9.22. The maximum Gasteiger partial charge on any atom is 0.292 e. The first-order valence-electron chi connectivity index (χ1n) is 11.5. The molecule has 0 aliphatic heterocycles. The van der Waals surface area contributed by atoms with E-state index in [1.807, 2.05) is 50.2 Å². The van der Waals surface area contributed by atoms with E-state index in [1.54, 1.807) is 4.68 Å². The number of anilines is 2. The number of H-pyrrole nitrogens is 1. The van der Waals surface area contributed by atoms with Gasteiger partial charge in [0.15, 0.2) is 17.1 Å². The summed E-state index contributed by atoms with van der Waals surface area (Å²) < 4.78 is 8.03. The molecule has 3 N–H and O–H groups in total. The Morgan fingerprint density at radius 2 is 1.80 bits per heavy atom. The molecule has 0 radical (unpaired) electrons. The van der Waals surface area contributed by atoms with Gasteiger partial charge in [0.05, 0.1) is 11.1 Å². The van der Waals surface area contributed by atoms with Crippen LogP contribution in [0.3, 0.4) is 0 Å². The van der Waals surface area contributed by atoms with Crippen molar-refractivity contribution >= 4 is 33.4 Å². The molecule has 3 aromatic heterocycles. The number of aromatic nitrogens is 4. The summed E-state index contributed by atoms with van der Waals surface area (Å²) in [5, 5.41) is 12.6. The van der Waals surface area contributed by atoms with Gasteiger partial charge in [-0.3, -0.25) is 4.79 Å². The number of benzene rings is 2. The Labute approximate surface area is 202 Å². The van der Waals surface area contributed by atoms with Crippen LogP contribution in [0.5, 0.6) is 0 Å². The van der Waals surface area contributed by atoms with E-state index in [0.717, 1.165) is 46.6 Å². The Bertz CT molecular complexity index is 1590. The molecule has 180 valence electrons. The van der Waals surface area contributed by atoms with Crippen LogP contribution in [0.25, 0.3) is 39.0 Å². The van der Waals surface area contributed by atoms with Crippen LogP contribution in [0.2, 0.25) is 0 Å². The van der Waals surface area contributed by atoms with Gasteiger partial charge in [0.2, 0.25) is 0 Å². The fourth-order valence-corrected chi connectivity index (χ4v) is 4.32. The van der Waals surface area contributed by atoms with E-state index < -0.39 is 5.56 Å². The molecule has 5 rings (SSSR count). The van der Waals surface area contributed by atoms with Crippen molar-refractivity contribution in [3.63, 3.8) is 0 Å². The highest BCUT2D eigenvalue weighted by Crippen LogP contribution is 2.39. The summed E-state index contributed by atoms with van der Waals surface area (Å²) in [7, 11) is 6.19. The van der Waals surface area contributed by atoms with Gasteiger partial charge in [-0.2, -0.15) is 10.2 Å². The van der Waals surface area contributed by atoms with Crippen LogP contribution in [-0.4, -0.2) is 59.1 Å². The molecular formula is C26H29N7O2. The molecule has 3 heterocycles. The summed E-state index contributed by atoms with van der Waals surface area (Å²) >= 11 is 0. The zero-order valence-electron chi connectivity index (χ0n) is 20.6. The highest BCUT2D eigenvalue weighted by atomic mass is 16.3. The van der Waals surface area contributed by atoms with E-state index in [0.29, 0.717) is 16.8 Å². The number of nitrogens with one attached hydrogen (secondary N) is 1. The van der Waals surface area contributed by atoms with Crippen LogP contribution in [0.4, 0.5) is 11.5 Å². The van der Waals surface area contributed by atoms with Crippen LogP contribution in [0.1, 0.15) is 11.1 Å². The van der Waals surface area contributed by atoms with Crippen molar-refractivity contribution in [3.05, 3.63) is 63.9 Å². The number of rotatable bonds is 6. The fourth-order valence-electron chi connectivity index (χ4n) is 4.32. The lowest BCUT2D eigenvalue weighted by atomic mass is 10.1. The van der Waals surface area contributed by atoms with Crippen molar-refractivity contribution in [2.75, 3.05) is 44.9 Å². The zero-order chi connectivity index (χ0) is 24.9. The molecule has 0 fully saturated rings. The van der Waals surface area contributed by atoms with Gasteiger partial charge in [-0.05, 0) is 64.3 Å². The summed E-state index contributed by atoms with van der Waals surface area (Å²) in [6.07, 6.45) is 0. The lowest BCUT2D eigenvalue weighted by molar-refractivity contribution is 0.416. The molecule has 0 atom stereocenters. The minimum Gasteiger partial charge on any atom is -0.454 e. The third kappa shape index (κ3) is 3.93. The normalized spacial score (nSPS) is 11.7. The second kappa shape index (κ2) is 8.59. The molecule has 5 aromatic rings. The maximum absolute atomic E-state index is 12.6. The highest BCUT2D eigenvalue weighted by Gasteiger charge is 2.25. The van der Waals surface area contributed by atoms with Crippen molar-refractivity contribution in [3.8, 4) is 17.1 Å². The van der Waals surface area contributed by atoms with Gasteiger partial charge in [0, 0.05) is 36.8 Å². The molecule has 0 bridgehead atoms. The number of nitrogen functional groups attached to an aromatic ring is 1. The Morgan fingerprint density at radius 1 is 1.06 bits per heavy atom. The molecule has 2 aromatic carbocycles. The van der Waals surface area contributed by atoms with Gasteiger partial charge in [-0.25, -0.2) is 9.78 Å². The summed E-state index contributed by atoms with van der Waals surface area (Å²) in [5.41, 5.74) is 11.4. The molecule has 0 amide bonds. The van der Waals surface area contributed by atoms with Gasteiger partial charge < -0.3 is 20.0 Å². The third-order valence-electron chi connectivity index (χ3n) is 6.36. The van der Waals surface area contributed by atoms with E-state index in [1.165, 1.54) is 0 Å². The molecule has 0 saturated heterocycles. The topological polar surface area (TPSA) is 109 Å². The predicted molar refractivity (Wildman–Crippen MR) is 140 cm³/mol. The number of hydrogen-bond donors (Lipinski definition) is 2. The molecule has 0 saturated carbocycles. The number of nitrogens with zero attached hydrogens (tertiary/aromatic N) is 5. The Morgan fingerprint density at radius 3 is 2.51 bits per heavy atom. The Hall–Kier alpha value is -4.11. The zero-order valence-corrected chi connectivity index (χ0v) is 20.6. The largest absolute Gasteiger partial charge is 0.454 e. The Kier molecular flexibility index (Phi) is 5.56. The molecule has 0 unspecified atom stereocenters. The van der Waals surface area contributed by atoms with E-state index in [9.17, 15) is 4.79 Å². The smallest absolute Gasteiger partial charge is 0.292 e. The summed E-state index contributed by atoms with van der Waals surface area (Å²) in [4.78, 5) is 17.0. The van der Waals surface area contributed by atoms with E-state index >= 15 is 0 Å². The summed E-state index contributed by atoms with van der Waals surface area (Å²) in [6.45, 7) is 5.90. The van der Waals surface area contributed by atoms with Gasteiger partial charge in [-0.15, -0.1) is 0 Å². The molecule has 0 aliphatic rings. The predicted octanol–water partition coefficient (Wildman–Crippen LogP) is 3.72. The van der Waals surface area contributed by atoms with Crippen molar-refractivity contribution < 1.29 is 4.42 Å². The first kappa shape index (κ1) is 22.7. The average Bonchev–Trinajstić information content (AvgIpc) is 3.39. The summed E-state index contributed by atoms with van der Waals surface area (Å²) in [6, 6.07) is 14.1. The van der Waals surface area contributed by atoms with Crippen molar-refractivity contribution in [1.29, 1.82) is 0 Å². The molecule has 9 nitrogen and oxygen atoms in total. The van der Waals surface area contributed by atoms with E-state index in [-0.39, 0.29) is 11.3 Å². The van der Waals surface area contributed by atoms with E-state index in [2.05, 4.69) is 52.3 Å². The van der Waals surface area contributed by atoms with Crippen LogP contribution < -0.4 is 16.2 Å². The van der Waals surface area contributed by atoms with Crippen molar-refractivity contribution in [1.82, 2.24) is 24.9 Å².